The van der Waals surface area contributed by atoms with Crippen molar-refractivity contribution in [2.75, 3.05) is 30.4 Å². The molecule has 1 N–H and O–H groups in total. The fraction of sp³-hybridized carbons (Fsp3) is 0.414. The van der Waals surface area contributed by atoms with E-state index in [1.807, 2.05) is 40.7 Å². The van der Waals surface area contributed by atoms with E-state index < -0.39 is 17.3 Å². The summed E-state index contributed by atoms with van der Waals surface area (Å²) in [4.78, 5) is 34.4. The molecule has 0 bridgehead atoms. The lowest BCUT2D eigenvalue weighted by atomic mass is 10.0. The molecule has 0 unspecified atom stereocenters. The maximum Gasteiger partial charge on any atom is 0.410 e. The van der Waals surface area contributed by atoms with Crippen LogP contribution in [0.2, 0.25) is 0 Å². The van der Waals surface area contributed by atoms with E-state index in [2.05, 4.69) is 25.4 Å². The molecule has 4 aromatic rings. The lowest BCUT2D eigenvalue weighted by molar-refractivity contribution is 0.00567. The van der Waals surface area contributed by atoms with Crippen molar-refractivity contribution in [1.82, 2.24) is 24.5 Å². The molecule has 2 atom stereocenters. The van der Waals surface area contributed by atoms with Gasteiger partial charge in [0, 0.05) is 48.7 Å². The molecule has 2 amide bonds. The largest absolute Gasteiger partial charge is 0.480 e. The van der Waals surface area contributed by atoms with Crippen molar-refractivity contribution >= 4 is 39.9 Å². The Hall–Kier alpha value is -4.48. The molecule has 0 aliphatic carbocycles. The molecule has 1 aliphatic rings. The van der Waals surface area contributed by atoms with Gasteiger partial charge in [0.05, 0.1) is 36.1 Å². The maximum absolute atomic E-state index is 14.6. The van der Waals surface area contributed by atoms with Crippen LogP contribution in [0.25, 0.3) is 16.6 Å². The first kappa shape index (κ1) is 28.1. The summed E-state index contributed by atoms with van der Waals surface area (Å²) in [6.45, 7) is 12.4. The first-order valence-corrected chi connectivity index (χ1v) is 13.4. The van der Waals surface area contributed by atoms with Crippen LogP contribution >= 0.6 is 0 Å². The molecule has 4 heterocycles. The van der Waals surface area contributed by atoms with Crippen molar-refractivity contribution in [2.24, 2.45) is 0 Å². The van der Waals surface area contributed by atoms with Crippen LogP contribution in [0.4, 0.5) is 20.6 Å². The highest BCUT2D eigenvalue weighted by Crippen LogP contribution is 2.33. The molecule has 1 saturated heterocycles. The Morgan fingerprint density at radius 2 is 1.78 bits per heavy atom. The standard InChI is InChI=1S/C29H34FN7O4/c1-16-12-36-15-19(10-22(30)26(36)31-16)32-27(38)20-8-9-23(21-11-24(40-7)33-34-25(20)21)35-13-17(2)37(18(3)14-35)28(39)41-29(4,5)6/h8-12,15,17-18H,13-14H2,1-7H3,(H,32,38)/t17-,18+. The normalized spacial score (nSPS) is 17.7. The fourth-order valence-corrected chi connectivity index (χ4v) is 5.30. The Kier molecular flexibility index (Phi) is 7.18. The van der Waals surface area contributed by atoms with Gasteiger partial charge in [-0.2, -0.15) is 0 Å². The summed E-state index contributed by atoms with van der Waals surface area (Å²) in [5, 5.41) is 11.9. The number of rotatable bonds is 4. The average molecular weight is 564 g/mol. The summed E-state index contributed by atoms with van der Waals surface area (Å²) in [5.74, 6) is -0.713. The summed E-state index contributed by atoms with van der Waals surface area (Å²) in [5.41, 5.74) is 2.00. The van der Waals surface area contributed by atoms with E-state index >= 15 is 0 Å². The minimum absolute atomic E-state index is 0.139. The van der Waals surface area contributed by atoms with Gasteiger partial charge in [-0.15, -0.1) is 10.2 Å². The molecule has 0 radical (unpaired) electrons. The molecular formula is C29H34FN7O4. The van der Waals surface area contributed by atoms with Crippen LogP contribution in [0.3, 0.4) is 0 Å². The molecule has 1 aromatic carbocycles. The summed E-state index contributed by atoms with van der Waals surface area (Å²) in [6.07, 6.45) is 2.94. The smallest absolute Gasteiger partial charge is 0.410 e. The van der Waals surface area contributed by atoms with Gasteiger partial charge in [0.2, 0.25) is 5.88 Å². The van der Waals surface area contributed by atoms with Crippen LogP contribution in [-0.4, -0.2) is 74.4 Å². The Morgan fingerprint density at radius 3 is 2.44 bits per heavy atom. The van der Waals surface area contributed by atoms with Crippen LogP contribution in [-0.2, 0) is 4.74 Å². The number of aromatic nitrogens is 4. The summed E-state index contributed by atoms with van der Waals surface area (Å²) in [7, 11) is 1.50. The number of carbonyl (C=O) groups excluding carboxylic acids is 2. The Morgan fingerprint density at radius 1 is 1.07 bits per heavy atom. The highest BCUT2D eigenvalue weighted by Gasteiger charge is 2.36. The molecule has 0 saturated carbocycles. The second-order valence-corrected chi connectivity index (χ2v) is 11.4. The number of hydrogen-bond acceptors (Lipinski definition) is 8. The predicted molar refractivity (Wildman–Crippen MR) is 153 cm³/mol. The van der Waals surface area contributed by atoms with Gasteiger partial charge in [0.25, 0.3) is 5.91 Å². The topological polar surface area (TPSA) is 114 Å². The minimum atomic E-state index is -0.593. The van der Waals surface area contributed by atoms with Crippen LogP contribution in [0.1, 0.15) is 50.7 Å². The molecule has 5 rings (SSSR count). The number of pyridine rings is 1. The minimum Gasteiger partial charge on any atom is -0.480 e. The highest BCUT2D eigenvalue weighted by atomic mass is 19.1. The first-order chi connectivity index (χ1) is 19.3. The molecule has 1 aliphatic heterocycles. The van der Waals surface area contributed by atoms with E-state index in [9.17, 15) is 14.0 Å². The van der Waals surface area contributed by atoms with Crippen molar-refractivity contribution in [1.29, 1.82) is 0 Å². The molecule has 1 fully saturated rings. The number of nitrogens with one attached hydrogen (secondary N) is 1. The summed E-state index contributed by atoms with van der Waals surface area (Å²) >= 11 is 0. The third-order valence-electron chi connectivity index (χ3n) is 6.91. The SMILES string of the molecule is COc1cc2c(N3C[C@@H](C)N(C(=O)OC(C)(C)C)[C@@H](C)C3)ccc(C(=O)Nc3cc(F)c4nc(C)cn4c3)c2nn1. The van der Waals surface area contributed by atoms with Gasteiger partial charge in [-0.05, 0) is 53.7 Å². The number of benzene rings is 1. The van der Waals surface area contributed by atoms with Gasteiger partial charge in [0.15, 0.2) is 11.5 Å². The predicted octanol–water partition coefficient (Wildman–Crippen LogP) is 4.82. The van der Waals surface area contributed by atoms with Gasteiger partial charge in [0.1, 0.15) is 11.1 Å². The number of nitrogens with zero attached hydrogens (tertiary/aromatic N) is 6. The average Bonchev–Trinajstić information content (AvgIpc) is 3.26. The van der Waals surface area contributed by atoms with Gasteiger partial charge in [-0.25, -0.2) is 14.2 Å². The van der Waals surface area contributed by atoms with E-state index in [0.717, 1.165) is 5.69 Å². The zero-order valence-corrected chi connectivity index (χ0v) is 24.2. The van der Waals surface area contributed by atoms with E-state index in [1.165, 1.54) is 17.6 Å². The van der Waals surface area contributed by atoms with Crippen LogP contribution < -0.4 is 15.0 Å². The van der Waals surface area contributed by atoms with E-state index in [4.69, 9.17) is 9.47 Å². The van der Waals surface area contributed by atoms with E-state index in [1.54, 1.807) is 36.4 Å². The molecular weight excluding hydrogens is 529 g/mol. The van der Waals surface area contributed by atoms with Crippen molar-refractivity contribution in [3.63, 3.8) is 0 Å². The van der Waals surface area contributed by atoms with Crippen molar-refractivity contribution in [3.05, 3.63) is 53.7 Å². The molecule has 216 valence electrons. The number of carbonyl (C=O) groups is 2. The molecule has 0 spiro atoms. The third kappa shape index (κ3) is 5.59. The number of halogens is 1. The molecule has 41 heavy (non-hydrogen) atoms. The van der Waals surface area contributed by atoms with Gasteiger partial charge in [-0.1, -0.05) is 0 Å². The number of hydrogen-bond donors (Lipinski definition) is 1. The number of anilines is 2. The van der Waals surface area contributed by atoms with Crippen molar-refractivity contribution in [2.45, 2.75) is 59.2 Å². The van der Waals surface area contributed by atoms with Crippen molar-refractivity contribution < 1.29 is 23.5 Å². The first-order valence-electron chi connectivity index (χ1n) is 13.4. The Labute approximate surface area is 237 Å². The number of aryl methyl sites for hydroxylation is 1. The quantitative estimate of drug-likeness (QED) is 0.376. The van der Waals surface area contributed by atoms with Crippen LogP contribution in [0.15, 0.2) is 36.7 Å². The maximum atomic E-state index is 14.6. The summed E-state index contributed by atoms with van der Waals surface area (Å²) in [6, 6.07) is 6.23. The van der Waals surface area contributed by atoms with Crippen LogP contribution in [0, 0.1) is 12.7 Å². The third-order valence-corrected chi connectivity index (χ3v) is 6.91. The second-order valence-electron chi connectivity index (χ2n) is 11.4. The lowest BCUT2D eigenvalue weighted by Gasteiger charge is -2.45. The highest BCUT2D eigenvalue weighted by molar-refractivity contribution is 6.14. The number of amides is 2. The monoisotopic (exact) mass is 563 g/mol. The fourth-order valence-electron chi connectivity index (χ4n) is 5.30. The number of fused-ring (bicyclic) bond motifs is 2. The Balaban J connectivity index is 1.46. The Bertz CT molecular complexity index is 1640. The second kappa shape index (κ2) is 10.5. The van der Waals surface area contributed by atoms with E-state index in [-0.39, 0.29) is 35.1 Å². The zero-order valence-electron chi connectivity index (χ0n) is 24.2. The molecule has 12 heteroatoms. The zero-order chi connectivity index (χ0) is 29.6. The molecule has 11 nitrogen and oxygen atoms in total. The number of imidazole rings is 1. The van der Waals surface area contributed by atoms with Crippen molar-refractivity contribution in [3.8, 4) is 5.88 Å². The number of piperazine rings is 1. The number of ether oxygens (including phenoxy) is 2. The van der Waals surface area contributed by atoms with Crippen LogP contribution in [0.5, 0.6) is 5.88 Å². The molecule has 3 aromatic heterocycles. The van der Waals surface area contributed by atoms with Gasteiger partial charge in [-0.3, -0.25) is 9.69 Å². The summed E-state index contributed by atoms with van der Waals surface area (Å²) < 4.78 is 27.1. The van der Waals surface area contributed by atoms with Gasteiger partial charge < -0.3 is 24.1 Å². The van der Waals surface area contributed by atoms with E-state index in [0.29, 0.717) is 35.6 Å². The van der Waals surface area contributed by atoms with Gasteiger partial charge >= 0.3 is 6.09 Å². The lowest BCUT2D eigenvalue weighted by Crippen LogP contribution is -2.59. The number of methoxy groups -OCH3 is 1.